The molecule has 1 heterocycles. The molecule has 102 valence electrons. The minimum absolute atomic E-state index is 0.0507. The van der Waals surface area contributed by atoms with E-state index in [9.17, 15) is 9.90 Å². The van der Waals surface area contributed by atoms with Gasteiger partial charge in [-0.2, -0.15) is 0 Å². The average Bonchev–Trinajstić information content (AvgIpc) is 2.29. The number of hydrogen-bond donors (Lipinski definition) is 4. The lowest BCUT2D eigenvalue weighted by atomic mass is 9.66. The maximum atomic E-state index is 11.7. The minimum atomic E-state index is -0.411. The van der Waals surface area contributed by atoms with Crippen molar-refractivity contribution >= 4 is 5.91 Å². The summed E-state index contributed by atoms with van der Waals surface area (Å²) in [6.07, 6.45) is 2.60. The highest BCUT2D eigenvalue weighted by atomic mass is 16.3. The molecule has 4 atom stereocenters. The largest absolute Gasteiger partial charge is 0.393 e. The molecular formula is C13H23N3O2. The molecule has 1 aliphatic carbocycles. The van der Waals surface area contributed by atoms with Gasteiger partial charge in [0, 0.05) is 30.7 Å². The Morgan fingerprint density at radius 1 is 1.78 bits per heavy atom. The number of aliphatic hydroxyl groups is 1. The average molecular weight is 253 g/mol. The summed E-state index contributed by atoms with van der Waals surface area (Å²) in [5.41, 5.74) is 6.69. The highest BCUT2D eigenvalue weighted by Gasteiger charge is 2.50. The van der Waals surface area contributed by atoms with Crippen molar-refractivity contribution in [3.8, 4) is 0 Å². The van der Waals surface area contributed by atoms with Crippen LogP contribution in [0.3, 0.4) is 0 Å². The van der Waals surface area contributed by atoms with Crippen LogP contribution in [0.25, 0.3) is 0 Å². The van der Waals surface area contributed by atoms with Crippen molar-refractivity contribution in [2.45, 2.75) is 50.8 Å². The van der Waals surface area contributed by atoms with Gasteiger partial charge in [0.1, 0.15) is 0 Å². The SMILES string of the molecule is C=C(C[C@@H](C)O)NC1CC2(CCC1N)CNC2=O. The van der Waals surface area contributed by atoms with Crippen LogP contribution < -0.4 is 16.4 Å². The van der Waals surface area contributed by atoms with Crippen molar-refractivity contribution in [3.63, 3.8) is 0 Å². The zero-order valence-corrected chi connectivity index (χ0v) is 10.9. The van der Waals surface area contributed by atoms with Gasteiger partial charge in [-0.15, -0.1) is 0 Å². The lowest BCUT2D eigenvalue weighted by Crippen LogP contribution is -2.65. The van der Waals surface area contributed by atoms with Gasteiger partial charge in [0.2, 0.25) is 5.91 Å². The third-order valence-electron chi connectivity index (χ3n) is 4.08. The van der Waals surface area contributed by atoms with Crippen LogP contribution in [0.15, 0.2) is 12.3 Å². The van der Waals surface area contributed by atoms with Crippen LogP contribution >= 0.6 is 0 Å². The highest BCUT2D eigenvalue weighted by Crippen LogP contribution is 2.40. The van der Waals surface area contributed by atoms with E-state index in [1.165, 1.54) is 0 Å². The van der Waals surface area contributed by atoms with Crippen LogP contribution in [0.5, 0.6) is 0 Å². The Hall–Kier alpha value is -1.07. The third-order valence-corrected chi connectivity index (χ3v) is 4.08. The van der Waals surface area contributed by atoms with Gasteiger partial charge in [-0.25, -0.2) is 0 Å². The first kappa shape index (κ1) is 13.4. The summed E-state index contributed by atoms with van der Waals surface area (Å²) in [6.45, 7) is 6.40. The van der Waals surface area contributed by atoms with Crippen LogP contribution in [0.4, 0.5) is 0 Å². The Bertz CT molecular complexity index is 356. The molecule has 0 aromatic carbocycles. The maximum Gasteiger partial charge on any atom is 0.228 e. The van der Waals surface area contributed by atoms with E-state index >= 15 is 0 Å². The van der Waals surface area contributed by atoms with E-state index in [0.717, 1.165) is 31.5 Å². The van der Waals surface area contributed by atoms with E-state index in [1.807, 2.05) is 0 Å². The first-order chi connectivity index (χ1) is 8.43. The van der Waals surface area contributed by atoms with E-state index in [2.05, 4.69) is 17.2 Å². The fourth-order valence-electron chi connectivity index (χ4n) is 2.93. The van der Waals surface area contributed by atoms with Crippen molar-refractivity contribution in [2.75, 3.05) is 6.54 Å². The summed E-state index contributed by atoms with van der Waals surface area (Å²) in [6, 6.07) is 0.130. The van der Waals surface area contributed by atoms with Gasteiger partial charge in [-0.05, 0) is 26.2 Å². The number of carbonyl (C=O) groups is 1. The first-order valence-electron chi connectivity index (χ1n) is 6.59. The zero-order valence-electron chi connectivity index (χ0n) is 10.9. The molecule has 1 saturated heterocycles. The lowest BCUT2D eigenvalue weighted by molar-refractivity contribution is -0.143. The number of β-lactam (4-membered cyclic amide) rings is 1. The van der Waals surface area contributed by atoms with Crippen LogP contribution in [0.1, 0.15) is 32.6 Å². The Morgan fingerprint density at radius 3 is 3.00 bits per heavy atom. The van der Waals surface area contributed by atoms with Crippen molar-refractivity contribution in [1.29, 1.82) is 0 Å². The van der Waals surface area contributed by atoms with E-state index in [4.69, 9.17) is 5.73 Å². The summed E-state index contributed by atoms with van der Waals surface area (Å²) in [5, 5.41) is 15.4. The molecule has 0 aromatic heterocycles. The van der Waals surface area contributed by atoms with Gasteiger partial charge in [0.25, 0.3) is 0 Å². The summed E-state index contributed by atoms with van der Waals surface area (Å²) in [7, 11) is 0. The summed E-state index contributed by atoms with van der Waals surface area (Å²) < 4.78 is 0. The van der Waals surface area contributed by atoms with Crippen LogP contribution in [0, 0.1) is 5.41 Å². The molecule has 18 heavy (non-hydrogen) atoms. The van der Waals surface area contributed by atoms with Crippen molar-refractivity contribution in [1.82, 2.24) is 10.6 Å². The number of aliphatic hydroxyl groups excluding tert-OH is 1. The van der Waals surface area contributed by atoms with E-state index in [0.29, 0.717) is 6.42 Å². The Balaban J connectivity index is 1.94. The molecular weight excluding hydrogens is 230 g/mol. The van der Waals surface area contributed by atoms with Crippen molar-refractivity contribution in [2.24, 2.45) is 11.1 Å². The molecule has 1 aliphatic heterocycles. The van der Waals surface area contributed by atoms with Gasteiger partial charge in [0.15, 0.2) is 0 Å². The number of amides is 1. The molecule has 1 saturated carbocycles. The molecule has 0 radical (unpaired) electrons. The summed E-state index contributed by atoms with van der Waals surface area (Å²) >= 11 is 0. The second-order valence-electron chi connectivity index (χ2n) is 5.78. The smallest absolute Gasteiger partial charge is 0.228 e. The molecule has 3 unspecified atom stereocenters. The standard InChI is InChI=1S/C13H23N3O2/c1-8(5-9(2)17)16-11-6-13(4-3-10(11)14)7-15-12(13)18/h9-11,16-17H,1,3-7,14H2,2H3,(H,15,18)/t9-,10?,11?,13?/m1/s1. The van der Waals surface area contributed by atoms with Crippen molar-refractivity contribution < 1.29 is 9.90 Å². The topological polar surface area (TPSA) is 87.4 Å². The molecule has 2 rings (SSSR count). The normalized spacial score (nSPS) is 36.7. The number of nitrogens with one attached hydrogen (secondary N) is 2. The fourth-order valence-corrected chi connectivity index (χ4v) is 2.93. The molecule has 0 aromatic rings. The molecule has 1 amide bonds. The van der Waals surface area contributed by atoms with Gasteiger partial charge >= 0.3 is 0 Å². The Morgan fingerprint density at radius 2 is 2.50 bits per heavy atom. The number of carbonyl (C=O) groups excluding carboxylic acids is 1. The molecule has 0 bridgehead atoms. The summed E-state index contributed by atoms with van der Waals surface area (Å²) in [5.74, 6) is 0.155. The van der Waals surface area contributed by atoms with Crippen LogP contribution in [-0.4, -0.2) is 35.7 Å². The molecule has 5 nitrogen and oxygen atoms in total. The van der Waals surface area contributed by atoms with E-state index < -0.39 is 6.10 Å². The number of rotatable bonds is 4. The maximum absolute atomic E-state index is 11.7. The first-order valence-corrected chi connectivity index (χ1v) is 6.59. The second kappa shape index (κ2) is 4.90. The van der Waals surface area contributed by atoms with E-state index in [1.54, 1.807) is 6.92 Å². The van der Waals surface area contributed by atoms with Crippen LogP contribution in [0.2, 0.25) is 0 Å². The van der Waals surface area contributed by atoms with Gasteiger partial charge < -0.3 is 21.5 Å². The van der Waals surface area contributed by atoms with Gasteiger partial charge in [-0.1, -0.05) is 6.58 Å². The molecule has 2 aliphatic rings. The molecule has 5 N–H and O–H groups in total. The zero-order chi connectivity index (χ0) is 13.3. The number of nitrogens with two attached hydrogens (primary N) is 1. The predicted molar refractivity (Wildman–Crippen MR) is 69.6 cm³/mol. The monoisotopic (exact) mass is 253 g/mol. The quantitative estimate of drug-likeness (QED) is 0.525. The van der Waals surface area contributed by atoms with Gasteiger partial charge in [-0.3, -0.25) is 4.79 Å². The lowest BCUT2D eigenvalue weighted by Gasteiger charge is -2.48. The fraction of sp³-hybridized carbons (Fsp3) is 0.769. The highest BCUT2D eigenvalue weighted by molar-refractivity contribution is 5.88. The van der Waals surface area contributed by atoms with E-state index in [-0.39, 0.29) is 23.4 Å². The molecule has 5 heteroatoms. The predicted octanol–water partition coefficient (Wildman–Crippen LogP) is -0.143. The number of hydrogen-bond acceptors (Lipinski definition) is 4. The molecule has 1 spiro atoms. The van der Waals surface area contributed by atoms with Gasteiger partial charge in [0.05, 0.1) is 11.5 Å². The Kier molecular flexibility index (Phi) is 3.64. The third kappa shape index (κ3) is 2.52. The molecule has 2 fully saturated rings. The van der Waals surface area contributed by atoms with Crippen LogP contribution in [-0.2, 0) is 4.79 Å². The second-order valence-corrected chi connectivity index (χ2v) is 5.78. The Labute approximate surface area is 108 Å². The minimum Gasteiger partial charge on any atom is -0.393 e. The van der Waals surface area contributed by atoms with Crippen molar-refractivity contribution in [3.05, 3.63) is 12.3 Å². The summed E-state index contributed by atoms with van der Waals surface area (Å²) in [4.78, 5) is 11.7.